The second-order valence-corrected chi connectivity index (χ2v) is 7.75. The van der Waals surface area contributed by atoms with Crippen molar-refractivity contribution in [1.82, 2.24) is 15.1 Å². The lowest BCUT2D eigenvalue weighted by Gasteiger charge is -2.25. The minimum atomic E-state index is -0.283. The fourth-order valence-electron chi connectivity index (χ4n) is 2.66. The van der Waals surface area contributed by atoms with Crippen molar-refractivity contribution in [3.8, 4) is 0 Å². The fourth-order valence-corrected chi connectivity index (χ4v) is 2.66. The molecule has 2 rings (SSSR count). The average molecular weight is 341 g/mol. The summed E-state index contributed by atoms with van der Waals surface area (Å²) in [7, 11) is 1.53. The largest absolute Gasteiger partial charge is 0.344 e. The molecule has 5 heteroatoms. The zero-order valence-corrected chi connectivity index (χ0v) is 15.8. The molecule has 0 spiro atoms. The van der Waals surface area contributed by atoms with E-state index in [1.165, 1.54) is 24.7 Å². The second-order valence-electron chi connectivity index (χ2n) is 7.75. The van der Waals surface area contributed by atoms with Gasteiger partial charge in [-0.15, -0.1) is 0 Å². The molecule has 0 bridgehead atoms. The molecule has 0 aliphatic carbocycles. The summed E-state index contributed by atoms with van der Waals surface area (Å²) in [6, 6.07) is 11.0. The van der Waals surface area contributed by atoms with Crippen LogP contribution in [0.25, 0.3) is 0 Å². The molecule has 1 amide bonds. The Labute approximate surface area is 149 Å². The highest BCUT2D eigenvalue weighted by Crippen LogP contribution is 2.26. The van der Waals surface area contributed by atoms with E-state index in [9.17, 15) is 9.59 Å². The summed E-state index contributed by atoms with van der Waals surface area (Å²) in [5.74, 6) is -0.0637. The number of amides is 1. The van der Waals surface area contributed by atoms with Crippen LogP contribution in [0.15, 0.2) is 41.2 Å². The molecule has 1 heterocycles. The highest BCUT2D eigenvalue weighted by molar-refractivity contribution is 5.92. The first-order valence-electron chi connectivity index (χ1n) is 8.55. The van der Waals surface area contributed by atoms with Crippen LogP contribution in [0.3, 0.4) is 0 Å². The molecule has 1 N–H and O–H groups in total. The van der Waals surface area contributed by atoms with E-state index >= 15 is 0 Å². The van der Waals surface area contributed by atoms with Gasteiger partial charge < -0.3 is 5.32 Å². The fraction of sp³-hybridized carbons (Fsp3) is 0.450. The molecule has 2 aromatic rings. The molecule has 1 aromatic carbocycles. The lowest BCUT2D eigenvalue weighted by atomic mass is 9.85. The summed E-state index contributed by atoms with van der Waals surface area (Å²) < 4.78 is 1.16. The lowest BCUT2D eigenvalue weighted by molar-refractivity contribution is 0.0918. The summed E-state index contributed by atoms with van der Waals surface area (Å²) in [5, 5.41) is 7.05. The van der Waals surface area contributed by atoms with E-state index in [2.05, 4.69) is 69.3 Å². The van der Waals surface area contributed by atoms with Crippen molar-refractivity contribution in [2.75, 3.05) is 0 Å². The molecule has 0 radical (unpaired) electrons. The van der Waals surface area contributed by atoms with Gasteiger partial charge in [0.1, 0.15) is 5.69 Å². The number of rotatable bonds is 4. The van der Waals surface area contributed by atoms with Gasteiger partial charge in [0.15, 0.2) is 0 Å². The monoisotopic (exact) mass is 341 g/mol. The molecule has 5 nitrogen and oxygen atoms in total. The molecule has 1 unspecified atom stereocenters. The Balaban J connectivity index is 2.24. The Hall–Kier alpha value is -2.43. The molecular formula is C20H27N3O2. The molecule has 0 saturated carbocycles. The van der Waals surface area contributed by atoms with Crippen molar-refractivity contribution >= 4 is 5.91 Å². The number of nitrogens with one attached hydrogen (secondary N) is 1. The zero-order chi connectivity index (χ0) is 18.8. The van der Waals surface area contributed by atoms with Crippen LogP contribution >= 0.6 is 0 Å². The minimum Gasteiger partial charge on any atom is -0.344 e. The van der Waals surface area contributed by atoms with Crippen LogP contribution in [-0.4, -0.2) is 15.7 Å². The van der Waals surface area contributed by atoms with Crippen LogP contribution in [0, 0.1) is 5.92 Å². The van der Waals surface area contributed by atoms with Crippen LogP contribution in [0.2, 0.25) is 0 Å². The van der Waals surface area contributed by atoms with Crippen molar-refractivity contribution in [2.45, 2.75) is 46.1 Å². The van der Waals surface area contributed by atoms with Crippen molar-refractivity contribution in [3.63, 3.8) is 0 Å². The summed E-state index contributed by atoms with van der Waals surface area (Å²) in [4.78, 5) is 24.0. The van der Waals surface area contributed by atoms with Crippen molar-refractivity contribution in [3.05, 3.63) is 63.6 Å². The molecular weight excluding hydrogens is 314 g/mol. The van der Waals surface area contributed by atoms with Gasteiger partial charge in [0.05, 0.1) is 6.04 Å². The van der Waals surface area contributed by atoms with Crippen molar-refractivity contribution < 1.29 is 4.79 Å². The highest BCUT2D eigenvalue weighted by Gasteiger charge is 2.21. The number of benzene rings is 1. The van der Waals surface area contributed by atoms with E-state index in [0.29, 0.717) is 0 Å². The first-order valence-corrected chi connectivity index (χ1v) is 8.55. The molecule has 25 heavy (non-hydrogen) atoms. The van der Waals surface area contributed by atoms with E-state index < -0.39 is 0 Å². The number of hydrogen-bond acceptors (Lipinski definition) is 3. The summed E-state index contributed by atoms with van der Waals surface area (Å²) in [6.07, 6.45) is 0. The topological polar surface area (TPSA) is 64.0 Å². The first-order chi connectivity index (χ1) is 11.6. The molecule has 0 aliphatic rings. The highest BCUT2D eigenvalue weighted by atomic mass is 16.2. The third-order valence-corrected chi connectivity index (χ3v) is 4.28. The predicted molar refractivity (Wildman–Crippen MR) is 99.7 cm³/mol. The summed E-state index contributed by atoms with van der Waals surface area (Å²) in [6.45, 7) is 10.7. The maximum Gasteiger partial charge on any atom is 0.272 e. The number of nitrogens with zero attached hydrogens (tertiary/aromatic N) is 2. The van der Waals surface area contributed by atoms with Crippen molar-refractivity contribution in [1.29, 1.82) is 0 Å². The zero-order valence-electron chi connectivity index (χ0n) is 15.8. The van der Waals surface area contributed by atoms with Crippen LogP contribution in [-0.2, 0) is 12.5 Å². The van der Waals surface area contributed by atoms with Gasteiger partial charge in [-0.05, 0) is 28.5 Å². The Morgan fingerprint density at radius 1 is 1.08 bits per heavy atom. The van der Waals surface area contributed by atoms with Gasteiger partial charge in [-0.1, -0.05) is 58.9 Å². The third kappa shape index (κ3) is 4.56. The SMILES string of the molecule is CC(C)C(NC(=O)c1ccc(=O)n(C)n1)c1ccc(C(C)(C)C)cc1. The Morgan fingerprint density at radius 3 is 2.16 bits per heavy atom. The number of carbonyl (C=O) groups is 1. The Morgan fingerprint density at radius 2 is 1.68 bits per heavy atom. The molecule has 0 aliphatic heterocycles. The first kappa shape index (κ1) is 18.9. The minimum absolute atomic E-state index is 0.0911. The van der Waals surface area contributed by atoms with Gasteiger partial charge >= 0.3 is 0 Å². The standard InChI is InChI=1S/C20H27N3O2/c1-13(2)18(14-7-9-15(10-8-14)20(3,4)5)21-19(25)16-11-12-17(24)23(6)22-16/h7-13,18H,1-6H3,(H,21,25). The molecule has 0 fully saturated rings. The van der Waals surface area contributed by atoms with Crippen LogP contribution < -0.4 is 10.9 Å². The average Bonchev–Trinajstić information content (AvgIpc) is 2.54. The van der Waals surface area contributed by atoms with Crippen LogP contribution in [0.5, 0.6) is 0 Å². The summed E-state index contributed by atoms with van der Waals surface area (Å²) >= 11 is 0. The smallest absolute Gasteiger partial charge is 0.272 e. The van der Waals surface area contributed by atoms with Crippen LogP contribution in [0.1, 0.15) is 62.3 Å². The Bertz CT molecular complexity index is 799. The van der Waals surface area contributed by atoms with Crippen molar-refractivity contribution in [2.24, 2.45) is 13.0 Å². The summed E-state index contributed by atoms with van der Waals surface area (Å²) in [5.41, 5.74) is 2.40. The molecule has 1 atom stereocenters. The third-order valence-electron chi connectivity index (χ3n) is 4.28. The Kier molecular flexibility index (Phi) is 5.45. The molecule has 134 valence electrons. The molecule has 0 saturated heterocycles. The quantitative estimate of drug-likeness (QED) is 0.929. The van der Waals surface area contributed by atoms with E-state index in [4.69, 9.17) is 0 Å². The number of aromatic nitrogens is 2. The van der Waals surface area contributed by atoms with Gasteiger partial charge in [0.2, 0.25) is 0 Å². The maximum atomic E-state index is 12.5. The van der Waals surface area contributed by atoms with Gasteiger partial charge in [-0.2, -0.15) is 5.10 Å². The van der Waals surface area contributed by atoms with Gasteiger partial charge in [0.25, 0.3) is 11.5 Å². The lowest BCUT2D eigenvalue weighted by Crippen LogP contribution is -2.34. The van der Waals surface area contributed by atoms with Gasteiger partial charge in [0, 0.05) is 13.1 Å². The predicted octanol–water partition coefficient (Wildman–Crippen LogP) is 3.20. The van der Waals surface area contributed by atoms with Gasteiger partial charge in [-0.25, -0.2) is 4.68 Å². The number of carbonyl (C=O) groups excluding carboxylic acids is 1. The van der Waals surface area contributed by atoms with E-state index in [0.717, 1.165) is 10.2 Å². The van der Waals surface area contributed by atoms with E-state index in [-0.39, 0.29) is 34.5 Å². The van der Waals surface area contributed by atoms with Gasteiger partial charge in [-0.3, -0.25) is 9.59 Å². The molecule has 1 aromatic heterocycles. The number of aryl methyl sites for hydroxylation is 1. The second kappa shape index (κ2) is 7.21. The van der Waals surface area contributed by atoms with Crippen LogP contribution in [0.4, 0.5) is 0 Å². The van der Waals surface area contributed by atoms with E-state index in [1.54, 1.807) is 0 Å². The number of hydrogen-bond donors (Lipinski definition) is 1. The van der Waals surface area contributed by atoms with E-state index in [1.807, 2.05) is 0 Å². The maximum absolute atomic E-state index is 12.5. The normalized spacial score (nSPS) is 12.9.